The standard InChI is InChI=1S/C13H10N4O4S2/c1-17-10-3-2-8(6-11(10)22-13(17)19)23(20,21)16-12(18)9-7-14-4-5-15-9/h2-7H,1H3,(H,16,18). The molecule has 3 rings (SSSR count). The van der Waals surface area contributed by atoms with Gasteiger partial charge in [-0.3, -0.25) is 14.6 Å². The highest BCUT2D eigenvalue weighted by Crippen LogP contribution is 2.21. The fourth-order valence-electron chi connectivity index (χ4n) is 1.93. The summed E-state index contributed by atoms with van der Waals surface area (Å²) in [5, 5.41) is 0. The van der Waals surface area contributed by atoms with E-state index in [0.29, 0.717) is 10.2 Å². The van der Waals surface area contributed by atoms with Crippen LogP contribution in [0.1, 0.15) is 10.5 Å². The molecule has 0 spiro atoms. The minimum absolute atomic E-state index is 0.107. The molecule has 0 saturated heterocycles. The van der Waals surface area contributed by atoms with Gasteiger partial charge in [0.1, 0.15) is 5.69 Å². The van der Waals surface area contributed by atoms with Crippen molar-refractivity contribution in [2.24, 2.45) is 7.05 Å². The Balaban J connectivity index is 1.96. The summed E-state index contributed by atoms with van der Waals surface area (Å²) in [6, 6.07) is 4.21. The van der Waals surface area contributed by atoms with E-state index in [0.717, 1.165) is 17.5 Å². The number of nitrogens with one attached hydrogen (secondary N) is 1. The maximum atomic E-state index is 12.3. The van der Waals surface area contributed by atoms with E-state index >= 15 is 0 Å². The number of carbonyl (C=O) groups is 1. The second-order valence-corrected chi connectivity index (χ2v) is 7.26. The van der Waals surface area contributed by atoms with Gasteiger partial charge in [0.2, 0.25) is 0 Å². The molecule has 23 heavy (non-hydrogen) atoms. The second-order valence-electron chi connectivity index (χ2n) is 4.58. The van der Waals surface area contributed by atoms with Crippen LogP contribution in [0.5, 0.6) is 0 Å². The third kappa shape index (κ3) is 2.85. The third-order valence-corrected chi connectivity index (χ3v) is 5.42. The predicted octanol–water partition coefficient (Wildman–Crippen LogP) is 0.509. The molecule has 3 aromatic rings. The van der Waals surface area contributed by atoms with E-state index in [2.05, 4.69) is 9.97 Å². The lowest BCUT2D eigenvalue weighted by atomic mass is 10.3. The van der Waals surface area contributed by atoms with Crippen molar-refractivity contribution in [3.63, 3.8) is 0 Å². The Morgan fingerprint density at radius 2 is 2.09 bits per heavy atom. The van der Waals surface area contributed by atoms with Crippen molar-refractivity contribution in [2.75, 3.05) is 0 Å². The number of fused-ring (bicyclic) bond motifs is 1. The first kappa shape index (κ1) is 15.3. The molecular weight excluding hydrogens is 340 g/mol. The van der Waals surface area contributed by atoms with Crippen LogP contribution in [0.15, 0.2) is 46.5 Å². The molecule has 0 aliphatic heterocycles. The van der Waals surface area contributed by atoms with Crippen molar-refractivity contribution in [1.82, 2.24) is 19.3 Å². The van der Waals surface area contributed by atoms with Crippen LogP contribution < -0.4 is 9.60 Å². The van der Waals surface area contributed by atoms with Gasteiger partial charge >= 0.3 is 4.87 Å². The molecule has 0 aliphatic rings. The number of aryl methyl sites for hydroxylation is 1. The molecule has 10 heteroatoms. The van der Waals surface area contributed by atoms with E-state index in [-0.39, 0.29) is 15.5 Å². The van der Waals surface area contributed by atoms with Crippen molar-refractivity contribution < 1.29 is 13.2 Å². The number of hydrogen-bond donors (Lipinski definition) is 1. The highest BCUT2D eigenvalue weighted by Gasteiger charge is 2.20. The van der Waals surface area contributed by atoms with Gasteiger partial charge < -0.3 is 4.57 Å². The number of benzene rings is 1. The van der Waals surface area contributed by atoms with E-state index in [9.17, 15) is 18.0 Å². The number of aromatic nitrogens is 3. The lowest BCUT2D eigenvalue weighted by molar-refractivity contribution is 0.0976. The van der Waals surface area contributed by atoms with Crippen molar-refractivity contribution in [1.29, 1.82) is 0 Å². The summed E-state index contributed by atoms with van der Waals surface area (Å²) in [6.45, 7) is 0. The molecular formula is C13H10N4O4S2. The van der Waals surface area contributed by atoms with Crippen molar-refractivity contribution in [2.45, 2.75) is 4.90 Å². The zero-order valence-electron chi connectivity index (χ0n) is 11.8. The summed E-state index contributed by atoms with van der Waals surface area (Å²) in [5.74, 6) is -0.876. The Labute approximate surface area is 134 Å². The van der Waals surface area contributed by atoms with E-state index in [1.807, 2.05) is 4.72 Å². The number of thiazole rings is 1. The van der Waals surface area contributed by atoms with E-state index < -0.39 is 15.9 Å². The zero-order valence-corrected chi connectivity index (χ0v) is 13.4. The molecule has 8 nitrogen and oxygen atoms in total. The van der Waals surface area contributed by atoms with E-state index in [4.69, 9.17) is 0 Å². The average Bonchev–Trinajstić information content (AvgIpc) is 2.82. The van der Waals surface area contributed by atoms with Gasteiger partial charge in [-0.1, -0.05) is 11.3 Å². The van der Waals surface area contributed by atoms with Crippen LogP contribution in [0.3, 0.4) is 0 Å². The van der Waals surface area contributed by atoms with E-state index in [1.165, 1.54) is 35.2 Å². The largest absolute Gasteiger partial charge is 0.307 e. The molecule has 0 radical (unpaired) electrons. The quantitative estimate of drug-likeness (QED) is 0.737. The molecule has 1 aromatic carbocycles. The Morgan fingerprint density at radius 3 is 2.78 bits per heavy atom. The summed E-state index contributed by atoms with van der Waals surface area (Å²) in [4.78, 5) is 30.7. The van der Waals surface area contributed by atoms with E-state index in [1.54, 1.807) is 7.05 Å². The van der Waals surface area contributed by atoms with Crippen LogP contribution in [0.2, 0.25) is 0 Å². The summed E-state index contributed by atoms with van der Waals surface area (Å²) in [5.41, 5.74) is 0.515. The maximum absolute atomic E-state index is 12.3. The van der Waals surface area contributed by atoms with Crippen LogP contribution >= 0.6 is 11.3 Å². The first-order valence-corrected chi connectivity index (χ1v) is 8.61. The molecule has 0 aliphatic carbocycles. The lowest BCUT2D eigenvalue weighted by Gasteiger charge is -2.06. The number of rotatable bonds is 3. The Hall–Kier alpha value is -2.59. The third-order valence-electron chi connectivity index (χ3n) is 3.10. The van der Waals surface area contributed by atoms with Gasteiger partial charge in [0.15, 0.2) is 0 Å². The van der Waals surface area contributed by atoms with Gasteiger partial charge in [0, 0.05) is 19.4 Å². The molecule has 118 valence electrons. The first-order chi connectivity index (χ1) is 10.9. The molecule has 0 atom stereocenters. The number of carbonyl (C=O) groups excluding carboxylic acids is 1. The van der Waals surface area contributed by atoms with Gasteiger partial charge in [-0.05, 0) is 18.2 Å². The van der Waals surface area contributed by atoms with Crippen molar-refractivity contribution >= 4 is 37.5 Å². The lowest BCUT2D eigenvalue weighted by Crippen LogP contribution is -2.31. The average molecular weight is 350 g/mol. The molecule has 2 heterocycles. The summed E-state index contributed by atoms with van der Waals surface area (Å²) in [6.07, 6.45) is 3.82. The van der Waals surface area contributed by atoms with Gasteiger partial charge in [-0.2, -0.15) is 0 Å². The fraction of sp³-hybridized carbons (Fsp3) is 0.0769. The summed E-state index contributed by atoms with van der Waals surface area (Å²) >= 11 is 0.932. The van der Waals surface area contributed by atoms with Crippen LogP contribution in [0, 0.1) is 0 Å². The van der Waals surface area contributed by atoms with Gasteiger partial charge in [-0.15, -0.1) is 0 Å². The highest BCUT2D eigenvalue weighted by atomic mass is 32.2. The van der Waals surface area contributed by atoms with Crippen LogP contribution in [-0.2, 0) is 17.1 Å². The fourth-order valence-corrected chi connectivity index (χ4v) is 3.91. The Morgan fingerprint density at radius 1 is 1.30 bits per heavy atom. The van der Waals surface area contributed by atoms with Gasteiger partial charge in [-0.25, -0.2) is 18.1 Å². The highest BCUT2D eigenvalue weighted by molar-refractivity contribution is 7.90. The zero-order chi connectivity index (χ0) is 16.6. The topological polar surface area (TPSA) is 111 Å². The van der Waals surface area contributed by atoms with Crippen molar-refractivity contribution in [3.05, 3.63) is 52.2 Å². The summed E-state index contributed by atoms with van der Waals surface area (Å²) in [7, 11) is -2.47. The SMILES string of the molecule is Cn1c(=O)sc2cc(S(=O)(=O)NC(=O)c3cnccn3)ccc21. The number of nitrogens with zero attached hydrogens (tertiary/aromatic N) is 3. The van der Waals surface area contributed by atoms with Crippen LogP contribution in [0.25, 0.3) is 10.2 Å². The molecule has 1 amide bonds. The minimum Gasteiger partial charge on any atom is -0.302 e. The van der Waals surface area contributed by atoms with Crippen LogP contribution in [-0.4, -0.2) is 28.9 Å². The minimum atomic E-state index is -4.07. The van der Waals surface area contributed by atoms with Gasteiger partial charge in [0.25, 0.3) is 15.9 Å². The molecule has 0 fully saturated rings. The maximum Gasteiger partial charge on any atom is 0.307 e. The predicted molar refractivity (Wildman–Crippen MR) is 83.8 cm³/mol. The molecule has 0 unspecified atom stereocenters. The number of hydrogen-bond acceptors (Lipinski definition) is 7. The smallest absolute Gasteiger partial charge is 0.302 e. The molecule has 1 N–H and O–H groups in total. The molecule has 2 aromatic heterocycles. The number of amides is 1. The molecule has 0 bridgehead atoms. The van der Waals surface area contributed by atoms with Gasteiger partial charge in [0.05, 0.1) is 21.3 Å². The number of sulfonamides is 1. The molecule has 0 saturated carbocycles. The Bertz CT molecular complexity index is 1050. The first-order valence-electron chi connectivity index (χ1n) is 6.31. The van der Waals surface area contributed by atoms with Crippen molar-refractivity contribution in [3.8, 4) is 0 Å². The Kier molecular flexibility index (Phi) is 3.70. The normalized spacial score (nSPS) is 11.5. The summed E-state index contributed by atoms with van der Waals surface area (Å²) < 4.78 is 28.5. The second kappa shape index (κ2) is 5.56. The monoisotopic (exact) mass is 350 g/mol. The van der Waals surface area contributed by atoms with Crippen LogP contribution in [0.4, 0.5) is 0 Å².